The second kappa shape index (κ2) is 11.6. The Morgan fingerprint density at radius 2 is 1.59 bits per heavy atom. The molecule has 7 heteroatoms. The van der Waals surface area contributed by atoms with E-state index in [-0.39, 0.29) is 16.9 Å². The molecule has 0 aliphatic rings. The number of hydrogen-bond acceptors (Lipinski definition) is 4. The van der Waals surface area contributed by atoms with Gasteiger partial charge < -0.3 is 15.4 Å². The van der Waals surface area contributed by atoms with Crippen molar-refractivity contribution in [1.29, 1.82) is 0 Å². The minimum atomic E-state index is -0.351. The molecule has 2 amide bonds. The predicted molar refractivity (Wildman–Crippen MR) is 130 cm³/mol. The highest BCUT2D eigenvalue weighted by Gasteiger charge is 2.10. The Balaban J connectivity index is 1.54. The molecule has 164 valence electrons. The summed E-state index contributed by atoms with van der Waals surface area (Å²) in [6.07, 6.45) is 0.778. The van der Waals surface area contributed by atoms with Gasteiger partial charge >= 0.3 is 0 Å². The van der Waals surface area contributed by atoms with E-state index in [1.807, 2.05) is 43.3 Å². The van der Waals surface area contributed by atoms with E-state index in [0.29, 0.717) is 35.7 Å². The second-order valence-corrected chi connectivity index (χ2v) is 7.37. The average molecular weight is 448 g/mol. The highest BCUT2D eigenvalue weighted by atomic mass is 32.1. The number of anilines is 1. The van der Waals surface area contributed by atoms with Gasteiger partial charge in [0.1, 0.15) is 5.75 Å². The molecule has 3 aromatic carbocycles. The van der Waals surface area contributed by atoms with Gasteiger partial charge in [-0.3, -0.25) is 14.9 Å². The number of hydrogen-bond donors (Lipinski definition) is 3. The summed E-state index contributed by atoms with van der Waals surface area (Å²) in [5.41, 5.74) is 2.74. The molecule has 0 radical (unpaired) electrons. The third kappa shape index (κ3) is 6.92. The highest BCUT2D eigenvalue weighted by molar-refractivity contribution is 7.80. The monoisotopic (exact) mass is 447 g/mol. The topological polar surface area (TPSA) is 79.5 Å². The van der Waals surface area contributed by atoms with Crippen LogP contribution in [0.2, 0.25) is 0 Å². The molecule has 0 fully saturated rings. The van der Waals surface area contributed by atoms with Gasteiger partial charge in [-0.1, -0.05) is 42.5 Å². The van der Waals surface area contributed by atoms with Gasteiger partial charge in [-0.15, -0.1) is 0 Å². The SMILES string of the molecule is CCNC(=O)c1cccc(NC(=S)NC(=O)c2cccc(OCCc3ccccc3)c2)c1. The Kier molecular flexibility index (Phi) is 8.34. The Hall–Kier alpha value is -3.71. The molecule has 0 unspecified atom stereocenters. The van der Waals surface area contributed by atoms with Gasteiger partial charge in [0.05, 0.1) is 6.61 Å². The molecule has 0 atom stereocenters. The summed E-state index contributed by atoms with van der Waals surface area (Å²) >= 11 is 5.25. The zero-order chi connectivity index (χ0) is 22.8. The van der Waals surface area contributed by atoms with Gasteiger partial charge in [0, 0.05) is 29.8 Å². The third-order valence-corrected chi connectivity index (χ3v) is 4.75. The van der Waals surface area contributed by atoms with Gasteiger partial charge in [-0.05, 0) is 61.1 Å². The largest absolute Gasteiger partial charge is 0.493 e. The van der Waals surface area contributed by atoms with Gasteiger partial charge in [0.15, 0.2) is 5.11 Å². The smallest absolute Gasteiger partial charge is 0.257 e. The predicted octanol–water partition coefficient (Wildman–Crippen LogP) is 4.18. The molecular weight excluding hydrogens is 422 g/mol. The van der Waals surface area contributed by atoms with Crippen LogP contribution in [0.5, 0.6) is 5.75 Å². The van der Waals surface area contributed by atoms with E-state index < -0.39 is 0 Å². The maximum Gasteiger partial charge on any atom is 0.257 e. The number of carbonyl (C=O) groups is 2. The summed E-state index contributed by atoms with van der Waals surface area (Å²) < 4.78 is 5.79. The number of carbonyl (C=O) groups excluding carboxylic acids is 2. The number of thiocarbonyl (C=S) groups is 1. The van der Waals surface area contributed by atoms with E-state index in [0.717, 1.165) is 6.42 Å². The third-order valence-electron chi connectivity index (χ3n) is 4.55. The van der Waals surface area contributed by atoms with Crippen LogP contribution in [0.1, 0.15) is 33.2 Å². The molecule has 32 heavy (non-hydrogen) atoms. The molecule has 0 heterocycles. The number of nitrogens with one attached hydrogen (secondary N) is 3. The van der Waals surface area contributed by atoms with Crippen LogP contribution in [0, 0.1) is 0 Å². The second-order valence-electron chi connectivity index (χ2n) is 6.96. The normalized spacial score (nSPS) is 10.2. The van der Waals surface area contributed by atoms with Crippen molar-refractivity contribution in [2.24, 2.45) is 0 Å². The molecule has 0 spiro atoms. The quantitative estimate of drug-likeness (QED) is 0.452. The first-order chi connectivity index (χ1) is 15.5. The Bertz CT molecular complexity index is 1090. The molecule has 0 bridgehead atoms. The lowest BCUT2D eigenvalue weighted by molar-refractivity contribution is 0.0953. The van der Waals surface area contributed by atoms with Crippen LogP contribution >= 0.6 is 12.2 Å². The summed E-state index contributed by atoms with van der Waals surface area (Å²) in [7, 11) is 0. The average Bonchev–Trinajstić information content (AvgIpc) is 2.80. The van der Waals surface area contributed by atoms with Crippen molar-refractivity contribution in [3.63, 3.8) is 0 Å². The summed E-state index contributed by atoms with van der Waals surface area (Å²) in [6, 6.07) is 23.9. The number of amides is 2. The lowest BCUT2D eigenvalue weighted by Gasteiger charge is -2.12. The lowest BCUT2D eigenvalue weighted by Crippen LogP contribution is -2.34. The number of benzene rings is 3. The van der Waals surface area contributed by atoms with Crippen molar-refractivity contribution in [3.8, 4) is 5.75 Å². The molecule has 0 aromatic heterocycles. The maximum atomic E-state index is 12.6. The molecule has 0 saturated carbocycles. The fraction of sp³-hybridized carbons (Fsp3) is 0.160. The lowest BCUT2D eigenvalue weighted by atomic mass is 10.2. The van der Waals surface area contributed by atoms with Crippen LogP contribution in [-0.4, -0.2) is 30.1 Å². The molecule has 0 saturated heterocycles. The van der Waals surface area contributed by atoms with E-state index in [9.17, 15) is 9.59 Å². The van der Waals surface area contributed by atoms with E-state index in [1.165, 1.54) is 5.56 Å². The zero-order valence-corrected chi connectivity index (χ0v) is 18.6. The van der Waals surface area contributed by atoms with Crippen LogP contribution < -0.4 is 20.7 Å². The highest BCUT2D eigenvalue weighted by Crippen LogP contribution is 2.15. The molecular formula is C25H25N3O3S. The van der Waals surface area contributed by atoms with Crippen LogP contribution in [0.25, 0.3) is 0 Å². The molecule has 3 rings (SSSR count). The van der Waals surface area contributed by atoms with Gasteiger partial charge in [-0.25, -0.2) is 0 Å². The fourth-order valence-electron chi connectivity index (χ4n) is 3.00. The van der Waals surface area contributed by atoms with Gasteiger partial charge in [-0.2, -0.15) is 0 Å². The van der Waals surface area contributed by atoms with Crippen molar-refractivity contribution >= 4 is 34.8 Å². The number of ether oxygens (including phenoxy) is 1. The van der Waals surface area contributed by atoms with Crippen LogP contribution in [-0.2, 0) is 6.42 Å². The summed E-state index contributed by atoms with van der Waals surface area (Å²) in [6.45, 7) is 2.91. The first-order valence-corrected chi connectivity index (χ1v) is 10.7. The van der Waals surface area contributed by atoms with E-state index in [2.05, 4.69) is 16.0 Å². The van der Waals surface area contributed by atoms with E-state index in [1.54, 1.807) is 42.5 Å². The van der Waals surface area contributed by atoms with Crippen molar-refractivity contribution in [2.45, 2.75) is 13.3 Å². The molecule has 0 aliphatic carbocycles. The molecule has 3 N–H and O–H groups in total. The Morgan fingerprint density at radius 1 is 0.875 bits per heavy atom. The molecule has 3 aromatic rings. The van der Waals surface area contributed by atoms with Gasteiger partial charge in [0.2, 0.25) is 0 Å². The van der Waals surface area contributed by atoms with Crippen LogP contribution in [0.4, 0.5) is 5.69 Å². The van der Waals surface area contributed by atoms with Crippen molar-refractivity contribution in [2.75, 3.05) is 18.5 Å². The Morgan fingerprint density at radius 3 is 2.34 bits per heavy atom. The number of rotatable bonds is 8. The zero-order valence-electron chi connectivity index (χ0n) is 17.8. The van der Waals surface area contributed by atoms with Crippen LogP contribution in [0.15, 0.2) is 78.9 Å². The standard InChI is InChI=1S/C25H25N3O3S/c1-2-26-23(29)19-10-6-12-21(16-19)27-25(32)28-24(30)20-11-7-13-22(17-20)31-15-14-18-8-4-3-5-9-18/h3-13,16-17H,2,14-15H2,1H3,(H,26,29)(H2,27,28,30,32). The van der Waals surface area contributed by atoms with E-state index >= 15 is 0 Å². The maximum absolute atomic E-state index is 12.6. The van der Waals surface area contributed by atoms with Gasteiger partial charge in [0.25, 0.3) is 11.8 Å². The first-order valence-electron chi connectivity index (χ1n) is 10.3. The summed E-state index contributed by atoms with van der Waals surface area (Å²) in [5.74, 6) is 0.0909. The van der Waals surface area contributed by atoms with Crippen molar-refractivity contribution < 1.29 is 14.3 Å². The Labute approximate surface area is 193 Å². The molecule has 6 nitrogen and oxygen atoms in total. The minimum Gasteiger partial charge on any atom is -0.493 e. The van der Waals surface area contributed by atoms with Crippen LogP contribution in [0.3, 0.4) is 0 Å². The van der Waals surface area contributed by atoms with Crippen molar-refractivity contribution in [3.05, 3.63) is 95.6 Å². The summed E-state index contributed by atoms with van der Waals surface area (Å²) in [5, 5.41) is 8.47. The van der Waals surface area contributed by atoms with E-state index in [4.69, 9.17) is 17.0 Å². The fourth-order valence-corrected chi connectivity index (χ4v) is 3.21. The molecule has 0 aliphatic heterocycles. The summed E-state index contributed by atoms with van der Waals surface area (Å²) in [4.78, 5) is 24.6. The van der Waals surface area contributed by atoms with Crippen molar-refractivity contribution in [1.82, 2.24) is 10.6 Å². The minimum absolute atomic E-state index is 0.137. The first kappa shape index (κ1) is 23.0.